The van der Waals surface area contributed by atoms with E-state index in [-0.39, 0.29) is 5.54 Å². The van der Waals surface area contributed by atoms with Crippen LogP contribution >= 0.6 is 0 Å². The van der Waals surface area contributed by atoms with Crippen LogP contribution in [0.2, 0.25) is 0 Å². The van der Waals surface area contributed by atoms with Gasteiger partial charge in [0.25, 0.3) is 0 Å². The van der Waals surface area contributed by atoms with E-state index >= 15 is 0 Å². The molecule has 1 aliphatic carbocycles. The van der Waals surface area contributed by atoms with Crippen molar-refractivity contribution in [1.29, 1.82) is 0 Å². The highest BCUT2D eigenvalue weighted by atomic mass is 15.2. The highest BCUT2D eigenvalue weighted by molar-refractivity contribution is 5.79. The third kappa shape index (κ3) is 2.78. The average molecular weight is 155 g/mol. The summed E-state index contributed by atoms with van der Waals surface area (Å²) in [6.45, 7) is 5.09. The van der Waals surface area contributed by atoms with Crippen molar-refractivity contribution >= 4 is 5.96 Å². The predicted molar refractivity (Wildman–Crippen MR) is 47.6 cm³/mol. The molecule has 1 aliphatic rings. The molecule has 1 saturated carbocycles. The molecular formula is C8H17N3. The molecule has 1 rings (SSSR count). The summed E-state index contributed by atoms with van der Waals surface area (Å²) in [5, 5.41) is 3.19. The summed E-state index contributed by atoms with van der Waals surface area (Å²) in [6, 6.07) is 0. The molecule has 0 aromatic heterocycles. The largest absolute Gasteiger partial charge is 0.370 e. The van der Waals surface area contributed by atoms with E-state index in [4.69, 9.17) is 5.73 Å². The van der Waals surface area contributed by atoms with Crippen molar-refractivity contribution in [1.82, 2.24) is 5.32 Å². The fourth-order valence-corrected chi connectivity index (χ4v) is 0.893. The first-order chi connectivity index (χ1) is 5.16. The summed E-state index contributed by atoms with van der Waals surface area (Å²) in [5.41, 5.74) is 5.89. The average Bonchev–Trinajstić information content (AvgIpc) is 2.63. The quantitative estimate of drug-likeness (QED) is 0.469. The van der Waals surface area contributed by atoms with Crippen LogP contribution in [0, 0.1) is 0 Å². The van der Waals surface area contributed by atoms with Gasteiger partial charge in [0.15, 0.2) is 5.96 Å². The third-order valence-electron chi connectivity index (χ3n) is 1.94. The SMILES string of the molecule is CCCN=C(N)NC1(C)CC1. The van der Waals surface area contributed by atoms with Crippen LogP contribution in [0.4, 0.5) is 0 Å². The van der Waals surface area contributed by atoms with Gasteiger partial charge in [-0.1, -0.05) is 6.92 Å². The Kier molecular flexibility index (Phi) is 2.37. The van der Waals surface area contributed by atoms with Crippen LogP contribution in [-0.4, -0.2) is 18.0 Å². The van der Waals surface area contributed by atoms with E-state index in [9.17, 15) is 0 Å². The van der Waals surface area contributed by atoms with Gasteiger partial charge in [0, 0.05) is 12.1 Å². The van der Waals surface area contributed by atoms with Crippen molar-refractivity contribution in [3.63, 3.8) is 0 Å². The lowest BCUT2D eigenvalue weighted by atomic mass is 10.3. The van der Waals surface area contributed by atoms with Gasteiger partial charge in [0.1, 0.15) is 0 Å². The molecule has 0 unspecified atom stereocenters. The van der Waals surface area contributed by atoms with Gasteiger partial charge in [-0.2, -0.15) is 0 Å². The van der Waals surface area contributed by atoms with E-state index in [1.165, 1.54) is 12.8 Å². The molecule has 3 N–H and O–H groups in total. The van der Waals surface area contributed by atoms with E-state index in [0.29, 0.717) is 5.96 Å². The van der Waals surface area contributed by atoms with Crippen molar-refractivity contribution in [2.45, 2.75) is 38.6 Å². The summed E-state index contributed by atoms with van der Waals surface area (Å²) in [4.78, 5) is 4.15. The van der Waals surface area contributed by atoms with Gasteiger partial charge in [0.2, 0.25) is 0 Å². The van der Waals surface area contributed by atoms with E-state index < -0.39 is 0 Å². The maximum atomic E-state index is 5.62. The van der Waals surface area contributed by atoms with E-state index in [0.717, 1.165) is 13.0 Å². The molecule has 0 radical (unpaired) electrons. The Balaban J connectivity index is 2.24. The number of guanidine groups is 1. The number of nitrogens with zero attached hydrogens (tertiary/aromatic N) is 1. The van der Waals surface area contributed by atoms with Gasteiger partial charge in [0.05, 0.1) is 0 Å². The molecule has 0 spiro atoms. The zero-order chi connectivity index (χ0) is 8.32. The Morgan fingerprint density at radius 3 is 2.73 bits per heavy atom. The van der Waals surface area contributed by atoms with Crippen molar-refractivity contribution < 1.29 is 0 Å². The fraction of sp³-hybridized carbons (Fsp3) is 0.875. The molecule has 1 fully saturated rings. The Bertz CT molecular complexity index is 159. The maximum Gasteiger partial charge on any atom is 0.189 e. The number of rotatable bonds is 3. The number of nitrogens with one attached hydrogen (secondary N) is 1. The minimum atomic E-state index is 0.265. The predicted octanol–water partition coefficient (Wildman–Crippen LogP) is 0.853. The van der Waals surface area contributed by atoms with Crippen molar-refractivity contribution in [3.8, 4) is 0 Å². The van der Waals surface area contributed by atoms with Gasteiger partial charge in [-0.05, 0) is 26.2 Å². The first kappa shape index (κ1) is 8.37. The second-order valence-electron chi connectivity index (χ2n) is 3.45. The summed E-state index contributed by atoms with van der Waals surface area (Å²) in [6.07, 6.45) is 3.49. The molecule has 0 saturated heterocycles. The molecule has 0 atom stereocenters. The Hall–Kier alpha value is -0.730. The number of nitrogens with two attached hydrogens (primary N) is 1. The van der Waals surface area contributed by atoms with Gasteiger partial charge in [-0.15, -0.1) is 0 Å². The van der Waals surface area contributed by atoms with E-state index in [1.807, 2.05) is 0 Å². The number of hydrogen-bond acceptors (Lipinski definition) is 1. The van der Waals surface area contributed by atoms with Gasteiger partial charge >= 0.3 is 0 Å². The molecule has 3 heteroatoms. The zero-order valence-electron chi connectivity index (χ0n) is 7.35. The molecule has 0 heterocycles. The van der Waals surface area contributed by atoms with Gasteiger partial charge in [-0.3, -0.25) is 4.99 Å². The number of hydrogen-bond donors (Lipinski definition) is 2. The van der Waals surface area contributed by atoms with Crippen LogP contribution < -0.4 is 11.1 Å². The van der Waals surface area contributed by atoms with Crippen molar-refractivity contribution in [2.24, 2.45) is 10.7 Å². The third-order valence-corrected chi connectivity index (χ3v) is 1.94. The van der Waals surface area contributed by atoms with Crippen LogP contribution in [0.5, 0.6) is 0 Å². The smallest absolute Gasteiger partial charge is 0.189 e. The minimum Gasteiger partial charge on any atom is -0.370 e. The lowest BCUT2D eigenvalue weighted by Crippen LogP contribution is -2.40. The van der Waals surface area contributed by atoms with Crippen LogP contribution in [0.15, 0.2) is 4.99 Å². The van der Waals surface area contributed by atoms with Crippen LogP contribution in [-0.2, 0) is 0 Å². The molecule has 0 bridgehead atoms. The first-order valence-electron chi connectivity index (χ1n) is 4.24. The monoisotopic (exact) mass is 155 g/mol. The van der Waals surface area contributed by atoms with E-state index in [1.54, 1.807) is 0 Å². The first-order valence-corrected chi connectivity index (χ1v) is 4.24. The summed E-state index contributed by atoms with van der Waals surface area (Å²) < 4.78 is 0. The van der Waals surface area contributed by atoms with E-state index in [2.05, 4.69) is 24.2 Å². The molecular weight excluding hydrogens is 138 g/mol. The highest BCUT2D eigenvalue weighted by Crippen LogP contribution is 2.33. The molecule has 64 valence electrons. The maximum absolute atomic E-state index is 5.62. The summed E-state index contributed by atoms with van der Waals surface area (Å²) in [5.74, 6) is 0.604. The highest BCUT2D eigenvalue weighted by Gasteiger charge is 2.37. The van der Waals surface area contributed by atoms with Gasteiger partial charge in [-0.25, -0.2) is 0 Å². The zero-order valence-corrected chi connectivity index (χ0v) is 7.35. The summed E-state index contributed by atoms with van der Waals surface area (Å²) in [7, 11) is 0. The molecule has 0 aliphatic heterocycles. The molecule has 3 nitrogen and oxygen atoms in total. The molecule has 11 heavy (non-hydrogen) atoms. The van der Waals surface area contributed by atoms with Crippen molar-refractivity contribution in [2.75, 3.05) is 6.54 Å². The number of aliphatic imine (C=N–C) groups is 1. The second kappa shape index (κ2) is 3.11. The topological polar surface area (TPSA) is 50.4 Å². The van der Waals surface area contributed by atoms with Crippen LogP contribution in [0.1, 0.15) is 33.1 Å². The molecule has 0 amide bonds. The standard InChI is InChI=1S/C8H17N3/c1-3-6-10-7(9)11-8(2)4-5-8/h3-6H2,1-2H3,(H3,9,10,11). The lowest BCUT2D eigenvalue weighted by molar-refractivity contribution is 0.659. The van der Waals surface area contributed by atoms with Crippen molar-refractivity contribution in [3.05, 3.63) is 0 Å². The lowest BCUT2D eigenvalue weighted by Gasteiger charge is -2.11. The molecule has 0 aromatic rings. The molecule has 0 aromatic carbocycles. The normalized spacial score (nSPS) is 21.5. The Morgan fingerprint density at radius 2 is 2.27 bits per heavy atom. The Morgan fingerprint density at radius 1 is 1.64 bits per heavy atom. The van der Waals surface area contributed by atoms with Crippen LogP contribution in [0.3, 0.4) is 0 Å². The van der Waals surface area contributed by atoms with Crippen LogP contribution in [0.25, 0.3) is 0 Å². The van der Waals surface area contributed by atoms with Gasteiger partial charge < -0.3 is 11.1 Å². The fourth-order valence-electron chi connectivity index (χ4n) is 0.893. The second-order valence-corrected chi connectivity index (χ2v) is 3.45. The Labute approximate surface area is 68.1 Å². The summed E-state index contributed by atoms with van der Waals surface area (Å²) >= 11 is 0. The minimum absolute atomic E-state index is 0.265.